The third-order valence-electron chi connectivity index (χ3n) is 16.0. The van der Waals surface area contributed by atoms with E-state index < -0.39 is 17.7 Å². The normalized spacial score (nSPS) is 20.8. The van der Waals surface area contributed by atoms with Gasteiger partial charge in [-0.25, -0.2) is 18.8 Å². The maximum Gasteiger partial charge on any atom is 0.254 e. The number of piperazine rings is 1. The van der Waals surface area contributed by atoms with Crippen LogP contribution in [0.3, 0.4) is 0 Å². The molecule has 0 bridgehead atoms. The van der Waals surface area contributed by atoms with E-state index >= 15 is 8.78 Å². The van der Waals surface area contributed by atoms with Gasteiger partial charge < -0.3 is 10.2 Å². The highest BCUT2D eigenvalue weighted by molar-refractivity contribution is 5.95. The first-order chi connectivity index (χ1) is 35.8. The largest absolute Gasteiger partial charge is 0.373 e. The summed E-state index contributed by atoms with van der Waals surface area (Å²) in [6.07, 6.45) is 13.7. The number of benzene rings is 2. The van der Waals surface area contributed by atoms with Crippen LogP contribution in [0.5, 0.6) is 0 Å². The van der Waals surface area contributed by atoms with E-state index in [-0.39, 0.29) is 34.5 Å². The van der Waals surface area contributed by atoms with Crippen molar-refractivity contribution >= 4 is 41.4 Å². The van der Waals surface area contributed by atoms with E-state index in [1.54, 1.807) is 9.96 Å². The summed E-state index contributed by atoms with van der Waals surface area (Å²) < 4.78 is 31.7. The molecule has 3 fully saturated rings. The molecule has 3 amide bonds. The molecule has 5 aliphatic rings. The smallest absolute Gasteiger partial charge is 0.254 e. The second kappa shape index (κ2) is 24.2. The number of hydrogen-bond donors (Lipinski definition) is 2. The number of piperidine rings is 1. The number of amides is 3. The minimum Gasteiger partial charge on any atom is -0.373 e. The van der Waals surface area contributed by atoms with Crippen LogP contribution in [-0.4, -0.2) is 132 Å². The Balaban J connectivity index is 0.00000360. The van der Waals surface area contributed by atoms with Crippen LogP contribution >= 0.6 is 0 Å². The number of nitrogens with one attached hydrogen (secondary N) is 2. The summed E-state index contributed by atoms with van der Waals surface area (Å²) >= 11 is 0. The van der Waals surface area contributed by atoms with E-state index in [1.165, 1.54) is 23.3 Å². The first kappa shape index (κ1) is 54.4. The fourth-order valence-electron chi connectivity index (χ4n) is 11.7. The van der Waals surface area contributed by atoms with Gasteiger partial charge in [0.05, 0.1) is 11.8 Å². The van der Waals surface area contributed by atoms with Crippen LogP contribution in [0.4, 0.5) is 20.3 Å². The van der Waals surface area contributed by atoms with E-state index in [0.29, 0.717) is 69.5 Å². The van der Waals surface area contributed by atoms with Crippen LogP contribution in [-0.2, 0) is 26.4 Å². The molecule has 3 unspecified atom stereocenters. The molecule has 13 nitrogen and oxygen atoms in total. The Bertz CT molecular complexity index is 2680. The SMILES string of the molecule is CC.CCCC(C(=O)NC=O)N1OC(C)C2(CC2)c2cc(CN3CCN(CC4CCN(C(=O)c5cc(F)c(C6=CCN(C/C(C)=C/c7c(-c8ccc(NC)nc8)ccnc7C)CC6)c(F)c5)CC4)C(C)C3)ccc21. The van der Waals surface area contributed by atoms with Gasteiger partial charge in [0, 0.05) is 124 Å². The van der Waals surface area contributed by atoms with Gasteiger partial charge in [0.2, 0.25) is 6.41 Å². The van der Waals surface area contributed by atoms with Crippen LogP contribution in [0.25, 0.3) is 22.8 Å². The van der Waals surface area contributed by atoms with Crippen LogP contribution < -0.4 is 15.7 Å². The lowest BCUT2D eigenvalue weighted by Crippen LogP contribution is -2.53. The van der Waals surface area contributed by atoms with Gasteiger partial charge in [-0.05, 0) is 131 Å². The van der Waals surface area contributed by atoms with Crippen molar-refractivity contribution in [2.45, 2.75) is 124 Å². The zero-order chi connectivity index (χ0) is 52.7. The fourth-order valence-corrected chi connectivity index (χ4v) is 11.7. The summed E-state index contributed by atoms with van der Waals surface area (Å²) in [4.78, 5) is 62.5. The Morgan fingerprint density at radius 1 is 0.959 bits per heavy atom. The Hall–Kier alpha value is -5.87. The van der Waals surface area contributed by atoms with Crippen molar-refractivity contribution in [1.29, 1.82) is 0 Å². The second-order valence-corrected chi connectivity index (χ2v) is 20.9. The van der Waals surface area contributed by atoms with Crippen molar-refractivity contribution in [3.05, 3.63) is 118 Å². The van der Waals surface area contributed by atoms with Gasteiger partial charge >= 0.3 is 0 Å². The molecular weight excluding hydrogens is 937 g/mol. The quantitative estimate of drug-likeness (QED) is 0.104. The van der Waals surface area contributed by atoms with Gasteiger partial charge in [-0.15, -0.1) is 0 Å². The lowest BCUT2D eigenvalue weighted by Gasteiger charge is -2.44. The number of anilines is 2. The van der Waals surface area contributed by atoms with Gasteiger partial charge in [0.15, 0.2) is 0 Å². The van der Waals surface area contributed by atoms with Gasteiger partial charge in [-0.1, -0.05) is 57.0 Å². The highest BCUT2D eigenvalue weighted by atomic mass is 19.1. The molecule has 0 radical (unpaired) electrons. The van der Waals surface area contributed by atoms with Gasteiger partial charge in [-0.3, -0.25) is 44.2 Å². The molecule has 3 atom stereocenters. The number of nitrogens with zero attached hydrogens (tertiary/aromatic N) is 7. The number of pyridine rings is 2. The molecule has 1 saturated carbocycles. The monoisotopic (exact) mass is 1010 g/mol. The predicted octanol–water partition coefficient (Wildman–Crippen LogP) is 9.66. The van der Waals surface area contributed by atoms with Crippen molar-refractivity contribution in [3.8, 4) is 11.1 Å². The number of aryl methyl sites for hydroxylation is 1. The molecule has 1 aliphatic carbocycles. The van der Waals surface area contributed by atoms with E-state index in [0.717, 1.165) is 104 Å². The lowest BCUT2D eigenvalue weighted by molar-refractivity contribution is -0.129. The van der Waals surface area contributed by atoms with E-state index in [1.807, 2.05) is 71.4 Å². The molecule has 1 spiro atoms. The highest BCUT2D eigenvalue weighted by Gasteiger charge is 2.55. The van der Waals surface area contributed by atoms with Crippen LogP contribution in [0.1, 0.15) is 125 Å². The maximum absolute atomic E-state index is 15.8. The van der Waals surface area contributed by atoms with Crippen LogP contribution in [0.2, 0.25) is 0 Å². The molecule has 396 valence electrons. The number of carbonyl (C=O) groups is 3. The van der Waals surface area contributed by atoms with E-state index in [4.69, 9.17) is 4.84 Å². The first-order valence-corrected chi connectivity index (χ1v) is 27.1. The Morgan fingerprint density at radius 2 is 1.72 bits per heavy atom. The number of fused-ring (bicyclic) bond motifs is 2. The van der Waals surface area contributed by atoms with Crippen molar-refractivity contribution < 1.29 is 28.0 Å². The number of imide groups is 1. The first-order valence-electron chi connectivity index (χ1n) is 27.1. The average Bonchev–Trinajstić information content (AvgIpc) is 4.21. The number of aromatic nitrogens is 2. The second-order valence-electron chi connectivity index (χ2n) is 20.9. The molecule has 9 rings (SSSR count). The minimum atomic E-state index is -0.693. The number of rotatable bonds is 16. The molecule has 2 aromatic carbocycles. The van der Waals surface area contributed by atoms with Crippen LogP contribution in [0.15, 0.2) is 72.6 Å². The number of hydroxylamine groups is 1. The molecule has 6 heterocycles. The molecular formula is C59H77F2N9O4. The molecule has 15 heteroatoms. The molecule has 4 aromatic rings. The third kappa shape index (κ3) is 12.0. The van der Waals surface area contributed by atoms with Crippen molar-refractivity contribution in [2.24, 2.45) is 5.92 Å². The third-order valence-corrected chi connectivity index (χ3v) is 16.0. The number of likely N-dealkylation sites (tertiary alicyclic amines) is 1. The van der Waals surface area contributed by atoms with Gasteiger partial charge in [0.1, 0.15) is 23.5 Å². The minimum absolute atomic E-state index is 0.0360. The molecule has 2 aromatic heterocycles. The maximum atomic E-state index is 15.8. The van der Waals surface area contributed by atoms with Gasteiger partial charge in [0.25, 0.3) is 11.8 Å². The van der Waals surface area contributed by atoms with E-state index in [2.05, 4.69) is 80.3 Å². The summed E-state index contributed by atoms with van der Waals surface area (Å²) in [7, 11) is 1.85. The highest BCUT2D eigenvalue weighted by Crippen LogP contribution is 2.58. The average molecular weight is 1010 g/mol. The van der Waals surface area contributed by atoms with Crippen molar-refractivity contribution in [3.63, 3.8) is 0 Å². The van der Waals surface area contributed by atoms with Crippen LogP contribution in [0, 0.1) is 24.5 Å². The predicted molar refractivity (Wildman–Crippen MR) is 290 cm³/mol. The zero-order valence-electron chi connectivity index (χ0n) is 44.9. The lowest BCUT2D eigenvalue weighted by atomic mass is 9.86. The summed E-state index contributed by atoms with van der Waals surface area (Å²) in [5, 5.41) is 7.17. The molecule has 2 saturated heterocycles. The summed E-state index contributed by atoms with van der Waals surface area (Å²) in [5.74, 6) is -0.826. The Kier molecular flexibility index (Phi) is 17.8. The summed E-state index contributed by atoms with van der Waals surface area (Å²) in [6.45, 7) is 22.2. The number of hydrogen-bond acceptors (Lipinski definition) is 11. The van der Waals surface area contributed by atoms with Crippen molar-refractivity contribution in [1.82, 2.24) is 34.9 Å². The van der Waals surface area contributed by atoms with Gasteiger partial charge in [-0.2, -0.15) is 0 Å². The number of carbonyl (C=O) groups excluding carboxylic acids is 3. The fraction of sp³-hybridized carbons (Fsp3) is 0.508. The standard InChI is InChI=1S/C57H71F2N9O4.C2H6/c1-7-8-52(55(70)63-36-69)68-51-11-9-42(28-48(51)57(18-19-57)40(5)72-68)34-65-25-26-67(38(3)33-65)35-41-14-23-66(24-15-41)56(71)45-29-49(58)54(50(59)30-45)43-16-21-64(22-17-43)32-37(2)27-47-39(4)61-20-13-46(47)44-10-12-53(60-6)62-31-44;1-2/h9-13,16,20,27-31,36,38,40-41,52H,7-8,14-15,17-19,21-26,32-35H2,1-6H3,(H,60,62)(H,63,69,70);1-2H3/b37-27+;. The Labute approximate surface area is 437 Å². The van der Waals surface area contributed by atoms with Crippen molar-refractivity contribution in [2.75, 3.05) is 76.3 Å². The topological polar surface area (TPSA) is 126 Å². The molecule has 2 N–H and O–H groups in total. The zero-order valence-corrected chi connectivity index (χ0v) is 44.9. The number of halogens is 2. The van der Waals surface area contributed by atoms with E-state index in [9.17, 15) is 14.4 Å². The summed E-state index contributed by atoms with van der Waals surface area (Å²) in [6, 6.07) is 14.8. The Morgan fingerprint density at radius 3 is 2.35 bits per heavy atom. The molecule has 4 aliphatic heterocycles. The molecule has 74 heavy (non-hydrogen) atoms. The summed E-state index contributed by atoms with van der Waals surface area (Å²) in [5.41, 5.74) is 9.19.